The summed E-state index contributed by atoms with van der Waals surface area (Å²) in [6.45, 7) is 0.586. The molecule has 0 saturated heterocycles. The monoisotopic (exact) mass is 492 g/mol. The van der Waals surface area contributed by atoms with Crippen molar-refractivity contribution in [3.63, 3.8) is 0 Å². The van der Waals surface area contributed by atoms with Gasteiger partial charge in [-0.1, -0.05) is 36.4 Å². The summed E-state index contributed by atoms with van der Waals surface area (Å²) in [5, 5.41) is 0.347. The number of methoxy groups -OCH3 is 1. The van der Waals surface area contributed by atoms with Crippen LogP contribution in [-0.2, 0) is 6.18 Å². The Hall–Kier alpha value is -4.00. The predicted molar refractivity (Wildman–Crippen MR) is 133 cm³/mol. The summed E-state index contributed by atoms with van der Waals surface area (Å²) in [6.07, 6.45) is 1.20. The molecule has 0 spiro atoms. The Kier molecular flexibility index (Phi) is 6.31. The lowest BCUT2D eigenvalue weighted by Crippen LogP contribution is -2.08. The Labute approximate surface area is 205 Å². The van der Waals surface area contributed by atoms with Crippen LogP contribution in [0.2, 0.25) is 0 Å². The molecular weight excluding hydrogens is 469 g/mol. The maximum Gasteiger partial charge on any atom is 0.416 e. The smallest absolute Gasteiger partial charge is 0.416 e. The van der Waals surface area contributed by atoms with Crippen molar-refractivity contribution in [2.45, 2.75) is 19.0 Å². The summed E-state index contributed by atoms with van der Waals surface area (Å²) >= 11 is 0. The van der Waals surface area contributed by atoms with Gasteiger partial charge in [0.15, 0.2) is 11.5 Å². The zero-order chi connectivity index (χ0) is 25.3. The SMILES string of the molecule is COc1cccc(C=Cc2oc3ccccc3c(=O)c2-c2ccc(C(F)(F)F)cc2)c1OCC1CC1. The molecule has 3 aromatic carbocycles. The molecule has 0 N–H and O–H groups in total. The van der Waals surface area contributed by atoms with Gasteiger partial charge in [0.25, 0.3) is 0 Å². The highest BCUT2D eigenvalue weighted by Gasteiger charge is 2.30. The van der Waals surface area contributed by atoms with Crippen molar-refractivity contribution in [3.8, 4) is 22.6 Å². The van der Waals surface area contributed by atoms with Gasteiger partial charge in [0.2, 0.25) is 5.43 Å². The molecule has 36 heavy (non-hydrogen) atoms. The molecule has 7 heteroatoms. The molecule has 0 radical (unpaired) electrons. The average molecular weight is 492 g/mol. The molecule has 0 amide bonds. The average Bonchev–Trinajstić information content (AvgIpc) is 3.70. The van der Waals surface area contributed by atoms with Crippen molar-refractivity contribution in [1.29, 1.82) is 0 Å². The highest BCUT2D eigenvalue weighted by atomic mass is 19.4. The van der Waals surface area contributed by atoms with Crippen LogP contribution in [0.3, 0.4) is 0 Å². The second-order valence-electron chi connectivity index (χ2n) is 8.71. The van der Waals surface area contributed by atoms with E-state index in [1.54, 1.807) is 43.5 Å². The summed E-state index contributed by atoms with van der Waals surface area (Å²) < 4.78 is 56.9. The second kappa shape index (κ2) is 9.57. The third kappa shape index (κ3) is 4.87. The lowest BCUT2D eigenvalue weighted by molar-refractivity contribution is -0.137. The van der Waals surface area contributed by atoms with E-state index in [4.69, 9.17) is 13.9 Å². The van der Waals surface area contributed by atoms with E-state index < -0.39 is 11.7 Å². The number of hydrogen-bond acceptors (Lipinski definition) is 4. The van der Waals surface area contributed by atoms with Gasteiger partial charge in [-0.3, -0.25) is 4.79 Å². The fourth-order valence-electron chi connectivity index (χ4n) is 4.01. The minimum Gasteiger partial charge on any atom is -0.493 e. The highest BCUT2D eigenvalue weighted by molar-refractivity contribution is 5.87. The van der Waals surface area contributed by atoms with Gasteiger partial charge in [-0.2, -0.15) is 13.2 Å². The van der Waals surface area contributed by atoms with Crippen LogP contribution in [0.1, 0.15) is 29.7 Å². The van der Waals surface area contributed by atoms with E-state index in [1.165, 1.54) is 12.1 Å². The van der Waals surface area contributed by atoms with Gasteiger partial charge in [0.05, 0.1) is 30.2 Å². The van der Waals surface area contributed by atoms with Crippen molar-refractivity contribution in [2.75, 3.05) is 13.7 Å². The first-order chi connectivity index (χ1) is 17.3. The van der Waals surface area contributed by atoms with E-state index in [0.29, 0.717) is 40.6 Å². The molecule has 5 rings (SSSR count). The molecule has 1 fully saturated rings. The lowest BCUT2D eigenvalue weighted by Gasteiger charge is -2.13. The number of ether oxygens (including phenoxy) is 2. The van der Waals surface area contributed by atoms with Crippen molar-refractivity contribution in [3.05, 3.63) is 93.8 Å². The van der Waals surface area contributed by atoms with E-state index in [-0.39, 0.29) is 16.8 Å². The Bertz CT molecular complexity index is 1480. The van der Waals surface area contributed by atoms with Crippen LogP contribution >= 0.6 is 0 Å². The number of halogens is 3. The number of alkyl halides is 3. The van der Waals surface area contributed by atoms with Crippen LogP contribution in [0.25, 0.3) is 34.2 Å². The minimum absolute atomic E-state index is 0.182. The van der Waals surface area contributed by atoms with Crippen LogP contribution in [-0.4, -0.2) is 13.7 Å². The maximum atomic E-state index is 13.4. The topological polar surface area (TPSA) is 48.7 Å². The van der Waals surface area contributed by atoms with E-state index in [2.05, 4.69) is 0 Å². The molecule has 1 heterocycles. The third-order valence-electron chi connectivity index (χ3n) is 6.13. The largest absolute Gasteiger partial charge is 0.493 e. The standard InChI is InChI=1S/C29H23F3O4/c1-34-25-8-4-5-20(28(25)35-17-18-9-10-18)13-16-24-26(19-11-14-21(15-12-19)29(30,31)32)27(33)22-6-2-3-7-23(22)36-24/h2-8,11-16,18H,9-10,17H2,1H3. The van der Waals surface area contributed by atoms with Gasteiger partial charge < -0.3 is 13.9 Å². The van der Waals surface area contributed by atoms with Crippen molar-refractivity contribution in [1.82, 2.24) is 0 Å². The Morgan fingerprint density at radius 1 is 0.972 bits per heavy atom. The van der Waals surface area contributed by atoms with Crippen LogP contribution < -0.4 is 14.9 Å². The number of fused-ring (bicyclic) bond motifs is 1. The van der Waals surface area contributed by atoms with Crippen LogP contribution in [0.4, 0.5) is 13.2 Å². The molecular formula is C29H23F3O4. The number of rotatable bonds is 7. The van der Waals surface area contributed by atoms with E-state index in [0.717, 1.165) is 30.5 Å². The van der Waals surface area contributed by atoms with Crippen LogP contribution in [0, 0.1) is 5.92 Å². The molecule has 0 bridgehead atoms. The summed E-state index contributed by atoms with van der Waals surface area (Å²) in [5.41, 5.74) is 0.507. The van der Waals surface area contributed by atoms with Gasteiger partial charge in [-0.05, 0) is 66.8 Å². The Morgan fingerprint density at radius 3 is 2.42 bits per heavy atom. The molecule has 4 nitrogen and oxygen atoms in total. The number of benzene rings is 3. The molecule has 4 aromatic rings. The zero-order valence-corrected chi connectivity index (χ0v) is 19.5. The summed E-state index contributed by atoms with van der Waals surface area (Å²) in [6, 6.07) is 16.8. The second-order valence-corrected chi connectivity index (χ2v) is 8.71. The summed E-state index contributed by atoms with van der Waals surface area (Å²) in [7, 11) is 1.57. The lowest BCUT2D eigenvalue weighted by atomic mass is 10.00. The molecule has 1 aliphatic carbocycles. The first kappa shape index (κ1) is 23.7. The summed E-state index contributed by atoms with van der Waals surface area (Å²) in [5.74, 6) is 1.94. The molecule has 0 aliphatic heterocycles. The fraction of sp³-hybridized carbons (Fsp3) is 0.207. The normalized spacial score (nSPS) is 13.9. The predicted octanol–water partition coefficient (Wildman–Crippen LogP) is 7.45. The highest BCUT2D eigenvalue weighted by Crippen LogP contribution is 2.37. The van der Waals surface area contributed by atoms with Gasteiger partial charge in [0, 0.05) is 5.56 Å². The first-order valence-corrected chi connectivity index (χ1v) is 11.6. The number of hydrogen-bond donors (Lipinski definition) is 0. The molecule has 1 aromatic heterocycles. The van der Waals surface area contributed by atoms with Gasteiger partial charge in [-0.25, -0.2) is 0 Å². The maximum absolute atomic E-state index is 13.4. The Balaban J connectivity index is 1.61. The molecule has 0 unspecified atom stereocenters. The van der Waals surface area contributed by atoms with Gasteiger partial charge >= 0.3 is 6.18 Å². The van der Waals surface area contributed by atoms with Crippen molar-refractivity contribution in [2.24, 2.45) is 5.92 Å². The zero-order valence-electron chi connectivity index (χ0n) is 19.5. The molecule has 0 atom stereocenters. The van der Waals surface area contributed by atoms with Gasteiger partial charge in [0.1, 0.15) is 11.3 Å². The third-order valence-corrected chi connectivity index (χ3v) is 6.13. The van der Waals surface area contributed by atoms with Gasteiger partial charge in [-0.15, -0.1) is 0 Å². The Morgan fingerprint density at radius 2 is 1.72 bits per heavy atom. The minimum atomic E-state index is -4.47. The van der Waals surface area contributed by atoms with E-state index >= 15 is 0 Å². The van der Waals surface area contributed by atoms with Crippen molar-refractivity contribution < 1.29 is 27.1 Å². The van der Waals surface area contributed by atoms with Crippen LogP contribution in [0.15, 0.2) is 75.9 Å². The quantitative estimate of drug-likeness (QED) is 0.269. The molecule has 1 aliphatic rings. The van der Waals surface area contributed by atoms with Crippen molar-refractivity contribution >= 4 is 23.1 Å². The van der Waals surface area contributed by atoms with E-state index in [9.17, 15) is 18.0 Å². The molecule has 184 valence electrons. The first-order valence-electron chi connectivity index (χ1n) is 11.6. The molecule has 1 saturated carbocycles. The summed E-state index contributed by atoms with van der Waals surface area (Å²) in [4.78, 5) is 13.4. The number of para-hydroxylation sites is 2. The van der Waals surface area contributed by atoms with Crippen LogP contribution in [0.5, 0.6) is 11.5 Å². The van der Waals surface area contributed by atoms with E-state index in [1.807, 2.05) is 18.2 Å². The fourth-order valence-corrected chi connectivity index (χ4v) is 4.01.